The number of alkyl halides is 3. The molecule has 0 aliphatic rings. The minimum absolute atomic E-state index is 0.0351. The molecule has 19 heteroatoms. The van der Waals surface area contributed by atoms with Crippen LogP contribution in [0.3, 0.4) is 0 Å². The number of sulfone groups is 1. The normalized spacial score (nSPS) is 13.4. The standard InChI is InChI=1S/C16H15F3N8O6S2/c17-16(18,19)15(28)33-11(21)6-34(29,30)9-2-1-8(7-3-4-23-10(20)5-7)12(13(9)35(22,31)32)14-24-26-27-25-14/h1-5,11H,6,21H2,(H2,20,23)(H2,22,31,32)(H,24,25,26,27). The quantitative estimate of drug-likeness (QED) is 0.217. The predicted molar refractivity (Wildman–Crippen MR) is 111 cm³/mol. The molecule has 0 saturated heterocycles. The number of anilines is 1. The molecule has 0 bridgehead atoms. The molecule has 1 unspecified atom stereocenters. The fourth-order valence-corrected chi connectivity index (χ4v) is 5.89. The number of sulfonamides is 1. The van der Waals surface area contributed by atoms with Gasteiger partial charge in [-0.2, -0.15) is 18.4 Å². The molecule has 0 saturated carbocycles. The highest BCUT2D eigenvalue weighted by Gasteiger charge is 2.43. The lowest BCUT2D eigenvalue weighted by atomic mass is 10.00. The van der Waals surface area contributed by atoms with Crippen molar-refractivity contribution >= 4 is 31.6 Å². The van der Waals surface area contributed by atoms with Gasteiger partial charge in [0.25, 0.3) is 0 Å². The highest BCUT2D eigenvalue weighted by Crippen LogP contribution is 2.39. The van der Waals surface area contributed by atoms with E-state index in [1.807, 2.05) is 0 Å². The second-order valence-corrected chi connectivity index (χ2v) is 10.3. The lowest BCUT2D eigenvalue weighted by Gasteiger charge is -2.18. The van der Waals surface area contributed by atoms with Gasteiger partial charge in [-0.15, -0.1) is 10.2 Å². The van der Waals surface area contributed by atoms with Gasteiger partial charge in [0.2, 0.25) is 15.8 Å². The van der Waals surface area contributed by atoms with Crippen LogP contribution in [0.25, 0.3) is 22.5 Å². The van der Waals surface area contributed by atoms with E-state index >= 15 is 0 Å². The molecule has 188 valence electrons. The summed E-state index contributed by atoms with van der Waals surface area (Å²) in [5, 5.41) is 18.1. The summed E-state index contributed by atoms with van der Waals surface area (Å²) in [6.07, 6.45) is -6.44. The first-order chi connectivity index (χ1) is 16.1. The largest absolute Gasteiger partial charge is 0.490 e. The molecule has 14 nitrogen and oxygen atoms in total. The Morgan fingerprint density at radius 3 is 2.40 bits per heavy atom. The van der Waals surface area contributed by atoms with Gasteiger partial charge in [-0.25, -0.2) is 31.8 Å². The van der Waals surface area contributed by atoms with Gasteiger partial charge in [-0.3, -0.25) is 5.73 Å². The summed E-state index contributed by atoms with van der Waals surface area (Å²) in [5.74, 6) is -4.49. The Morgan fingerprint density at radius 2 is 1.86 bits per heavy atom. The maximum Gasteiger partial charge on any atom is 0.490 e. The highest BCUT2D eigenvalue weighted by atomic mass is 32.2. The predicted octanol–water partition coefficient (Wildman–Crippen LogP) is -0.678. The van der Waals surface area contributed by atoms with E-state index in [0.29, 0.717) is 0 Å². The maximum atomic E-state index is 13.0. The van der Waals surface area contributed by atoms with Gasteiger partial charge in [-0.05, 0) is 34.5 Å². The molecule has 2 aromatic heterocycles. The van der Waals surface area contributed by atoms with Crippen LogP contribution in [0.1, 0.15) is 0 Å². The molecule has 1 aromatic carbocycles. The Hall–Kier alpha value is -3.68. The molecule has 3 aromatic rings. The molecule has 1 atom stereocenters. The van der Waals surface area contributed by atoms with Gasteiger partial charge in [0.05, 0.1) is 10.5 Å². The lowest BCUT2D eigenvalue weighted by Crippen LogP contribution is -2.39. The second kappa shape index (κ2) is 9.17. The third kappa shape index (κ3) is 5.70. The summed E-state index contributed by atoms with van der Waals surface area (Å²) in [6.45, 7) is 0. The monoisotopic (exact) mass is 536 g/mol. The Bertz CT molecular complexity index is 1480. The number of halogens is 3. The molecule has 0 radical (unpaired) electrons. The first-order valence-electron chi connectivity index (χ1n) is 9.03. The van der Waals surface area contributed by atoms with Gasteiger partial charge >= 0.3 is 12.1 Å². The number of nitrogens with two attached hydrogens (primary N) is 3. The van der Waals surface area contributed by atoms with Gasteiger partial charge in [0.15, 0.2) is 16.1 Å². The number of H-pyrrole nitrogens is 1. The Kier molecular flexibility index (Phi) is 6.79. The van der Waals surface area contributed by atoms with Gasteiger partial charge in [-0.1, -0.05) is 6.07 Å². The molecule has 0 amide bonds. The first-order valence-corrected chi connectivity index (χ1v) is 12.2. The van der Waals surface area contributed by atoms with Crippen molar-refractivity contribution in [3.05, 3.63) is 30.5 Å². The van der Waals surface area contributed by atoms with E-state index in [1.165, 1.54) is 18.3 Å². The second-order valence-electron chi connectivity index (χ2n) is 6.79. The van der Waals surface area contributed by atoms with Crippen molar-refractivity contribution in [2.75, 3.05) is 11.5 Å². The number of pyridine rings is 1. The number of tetrazole rings is 1. The number of ether oxygens (including phenoxy) is 1. The van der Waals surface area contributed by atoms with Crippen LogP contribution in [0.15, 0.2) is 40.3 Å². The summed E-state index contributed by atoms with van der Waals surface area (Å²) in [5.41, 5.74) is 10.8. The third-order valence-corrected chi connectivity index (χ3v) is 7.18. The molecular formula is C16H15F3N8O6S2. The SMILES string of the molecule is Nc1cc(-c2ccc(S(=O)(=O)CC(N)OC(=O)C(F)(F)F)c(S(N)(=O)=O)c2-c2nn[nH]n2)ccn1. The number of aromatic amines is 1. The lowest BCUT2D eigenvalue weighted by molar-refractivity contribution is -0.203. The Balaban J connectivity index is 2.23. The summed E-state index contributed by atoms with van der Waals surface area (Å²) >= 11 is 0. The number of nitrogens with zero attached hydrogens (tertiary/aromatic N) is 4. The molecule has 0 aliphatic heterocycles. The summed E-state index contributed by atoms with van der Waals surface area (Å²) in [4.78, 5) is 12.8. The molecule has 3 rings (SSSR count). The van der Waals surface area contributed by atoms with Gasteiger partial charge < -0.3 is 10.5 Å². The molecule has 7 N–H and O–H groups in total. The van der Waals surface area contributed by atoms with E-state index in [4.69, 9.17) is 16.6 Å². The number of rotatable bonds is 7. The number of hydrogen-bond acceptors (Lipinski definition) is 12. The number of carbonyl (C=O) groups is 1. The van der Waals surface area contributed by atoms with Crippen LogP contribution >= 0.6 is 0 Å². The van der Waals surface area contributed by atoms with Crippen LogP contribution in [-0.4, -0.2) is 66.6 Å². The van der Waals surface area contributed by atoms with E-state index in [-0.39, 0.29) is 22.8 Å². The van der Waals surface area contributed by atoms with Crippen molar-refractivity contribution in [1.29, 1.82) is 0 Å². The maximum absolute atomic E-state index is 13.0. The molecule has 2 heterocycles. The Labute approximate surface area is 194 Å². The van der Waals surface area contributed by atoms with Crippen LogP contribution in [0.5, 0.6) is 0 Å². The van der Waals surface area contributed by atoms with Crippen molar-refractivity contribution < 1.29 is 39.5 Å². The molecule has 0 fully saturated rings. The number of nitrogen functional groups attached to an aromatic ring is 1. The van der Waals surface area contributed by atoms with Crippen LogP contribution in [0, 0.1) is 0 Å². The number of esters is 1. The van der Waals surface area contributed by atoms with E-state index in [2.05, 4.69) is 30.3 Å². The molecule has 0 spiro atoms. The first kappa shape index (κ1) is 25.9. The number of aromatic nitrogens is 5. The highest BCUT2D eigenvalue weighted by molar-refractivity contribution is 7.93. The van der Waals surface area contributed by atoms with E-state index in [1.54, 1.807) is 0 Å². The van der Waals surface area contributed by atoms with Crippen molar-refractivity contribution in [2.45, 2.75) is 22.2 Å². The van der Waals surface area contributed by atoms with Crippen molar-refractivity contribution in [3.8, 4) is 22.5 Å². The zero-order valence-corrected chi connectivity index (χ0v) is 18.7. The molecular weight excluding hydrogens is 521 g/mol. The minimum atomic E-state index is -5.44. The number of nitrogens with one attached hydrogen (secondary N) is 1. The average molecular weight is 536 g/mol. The molecule has 35 heavy (non-hydrogen) atoms. The average Bonchev–Trinajstić information content (AvgIpc) is 3.25. The zero-order chi connectivity index (χ0) is 26.2. The van der Waals surface area contributed by atoms with E-state index in [0.717, 1.165) is 12.1 Å². The summed E-state index contributed by atoms with van der Waals surface area (Å²) < 4.78 is 92.3. The number of carbonyl (C=O) groups excluding carboxylic acids is 1. The van der Waals surface area contributed by atoms with Crippen LogP contribution < -0.4 is 16.6 Å². The topological polar surface area (TPSA) is 240 Å². The zero-order valence-electron chi connectivity index (χ0n) is 17.1. The van der Waals surface area contributed by atoms with Crippen LogP contribution in [0.4, 0.5) is 19.0 Å². The fourth-order valence-electron chi connectivity index (χ4n) is 2.98. The molecule has 0 aliphatic carbocycles. The number of hydrogen-bond donors (Lipinski definition) is 4. The van der Waals surface area contributed by atoms with Crippen LogP contribution in [-0.2, 0) is 29.4 Å². The Morgan fingerprint density at radius 1 is 1.17 bits per heavy atom. The van der Waals surface area contributed by atoms with Gasteiger partial charge in [0.1, 0.15) is 16.5 Å². The van der Waals surface area contributed by atoms with Gasteiger partial charge in [0, 0.05) is 6.20 Å². The summed E-state index contributed by atoms with van der Waals surface area (Å²) in [6, 6.07) is 4.76. The smallest absolute Gasteiger partial charge is 0.439 e. The number of benzene rings is 1. The number of primary sulfonamides is 1. The van der Waals surface area contributed by atoms with Crippen molar-refractivity contribution in [3.63, 3.8) is 0 Å². The van der Waals surface area contributed by atoms with Crippen molar-refractivity contribution in [2.24, 2.45) is 10.9 Å². The van der Waals surface area contributed by atoms with E-state index in [9.17, 15) is 34.8 Å². The third-order valence-electron chi connectivity index (χ3n) is 4.28. The summed E-state index contributed by atoms with van der Waals surface area (Å²) in [7, 11) is -9.71. The van der Waals surface area contributed by atoms with Crippen LogP contribution in [0.2, 0.25) is 0 Å². The van der Waals surface area contributed by atoms with E-state index < -0.39 is 59.3 Å². The minimum Gasteiger partial charge on any atom is -0.439 e. The van der Waals surface area contributed by atoms with Crippen molar-refractivity contribution in [1.82, 2.24) is 25.6 Å². The fraction of sp³-hybridized carbons (Fsp3) is 0.188.